The molecule has 3 unspecified atom stereocenters. The van der Waals surface area contributed by atoms with Crippen LogP contribution in [-0.4, -0.2) is 70.4 Å². The maximum atomic E-state index is 13.6. The fraction of sp³-hybridized carbons (Fsp3) is 0.800. The van der Waals surface area contributed by atoms with Crippen molar-refractivity contribution in [1.29, 1.82) is 0 Å². The SMILES string of the molecule is CCC(C)N1CCCCC1C(=O)NC(C(=O)N(C)[C@H](/C=C(\C)C(=O)O)C(C)C)C(C)(C)C. The molecule has 7 heteroatoms. The molecule has 2 N–H and O–H groups in total. The Hall–Kier alpha value is -1.89. The van der Waals surface area contributed by atoms with Crippen molar-refractivity contribution in [2.75, 3.05) is 13.6 Å². The van der Waals surface area contributed by atoms with Gasteiger partial charge in [-0.25, -0.2) is 4.79 Å². The summed E-state index contributed by atoms with van der Waals surface area (Å²) in [6.45, 7) is 16.5. The molecule has 0 radical (unpaired) electrons. The zero-order valence-electron chi connectivity index (χ0n) is 21.6. The van der Waals surface area contributed by atoms with Crippen molar-refractivity contribution in [2.45, 2.75) is 105 Å². The van der Waals surface area contributed by atoms with Crippen molar-refractivity contribution in [1.82, 2.24) is 15.1 Å². The van der Waals surface area contributed by atoms with E-state index >= 15 is 0 Å². The van der Waals surface area contributed by atoms with E-state index in [4.69, 9.17) is 0 Å². The van der Waals surface area contributed by atoms with Crippen LogP contribution in [0.25, 0.3) is 0 Å². The summed E-state index contributed by atoms with van der Waals surface area (Å²) >= 11 is 0. The molecule has 4 atom stereocenters. The Morgan fingerprint density at radius 2 is 1.78 bits per heavy atom. The molecule has 0 spiro atoms. The van der Waals surface area contributed by atoms with Crippen LogP contribution in [-0.2, 0) is 14.4 Å². The Balaban J connectivity index is 3.16. The highest BCUT2D eigenvalue weighted by Gasteiger charge is 2.40. The minimum absolute atomic E-state index is 0.0220. The first-order chi connectivity index (χ1) is 14.7. The number of nitrogens with zero attached hydrogens (tertiary/aromatic N) is 2. The van der Waals surface area contributed by atoms with E-state index in [0.717, 1.165) is 32.2 Å². The molecule has 1 aliphatic heterocycles. The van der Waals surface area contributed by atoms with Crippen LogP contribution in [0.2, 0.25) is 0 Å². The minimum Gasteiger partial charge on any atom is -0.478 e. The van der Waals surface area contributed by atoms with Gasteiger partial charge >= 0.3 is 5.97 Å². The average molecular weight is 452 g/mol. The quantitative estimate of drug-likeness (QED) is 0.522. The topological polar surface area (TPSA) is 90.0 Å². The van der Waals surface area contributed by atoms with Crippen molar-refractivity contribution in [2.24, 2.45) is 11.3 Å². The van der Waals surface area contributed by atoms with Crippen molar-refractivity contribution in [3.05, 3.63) is 11.6 Å². The van der Waals surface area contributed by atoms with Crippen molar-refractivity contribution in [3.63, 3.8) is 0 Å². The van der Waals surface area contributed by atoms with Gasteiger partial charge in [0.2, 0.25) is 11.8 Å². The predicted octanol–water partition coefficient (Wildman–Crippen LogP) is 3.68. The maximum Gasteiger partial charge on any atom is 0.331 e. The van der Waals surface area contributed by atoms with Gasteiger partial charge in [0.15, 0.2) is 0 Å². The molecule has 1 fully saturated rings. The zero-order chi connectivity index (χ0) is 24.8. The molecular weight excluding hydrogens is 406 g/mol. The Bertz CT molecular complexity index is 696. The number of likely N-dealkylation sites (N-methyl/N-ethyl adjacent to an activating group) is 1. The second kappa shape index (κ2) is 11.8. The summed E-state index contributed by atoms with van der Waals surface area (Å²) in [4.78, 5) is 42.2. The largest absolute Gasteiger partial charge is 0.478 e. The third-order valence-electron chi connectivity index (χ3n) is 6.64. The van der Waals surface area contributed by atoms with Gasteiger partial charge in [-0.2, -0.15) is 0 Å². The third kappa shape index (κ3) is 7.32. The smallest absolute Gasteiger partial charge is 0.331 e. The molecule has 0 aromatic heterocycles. The molecule has 0 aliphatic carbocycles. The first-order valence-electron chi connectivity index (χ1n) is 12.0. The van der Waals surface area contributed by atoms with Crippen molar-refractivity contribution >= 4 is 17.8 Å². The lowest BCUT2D eigenvalue weighted by Crippen LogP contribution is -2.60. The molecule has 0 saturated carbocycles. The van der Waals surface area contributed by atoms with Gasteiger partial charge in [0.1, 0.15) is 6.04 Å². The fourth-order valence-electron chi connectivity index (χ4n) is 4.31. The summed E-state index contributed by atoms with van der Waals surface area (Å²) in [7, 11) is 1.69. The highest BCUT2D eigenvalue weighted by atomic mass is 16.4. The molecule has 32 heavy (non-hydrogen) atoms. The lowest BCUT2D eigenvalue weighted by atomic mass is 9.84. The monoisotopic (exact) mass is 451 g/mol. The second-order valence-corrected chi connectivity index (χ2v) is 10.7. The Morgan fingerprint density at radius 1 is 1.19 bits per heavy atom. The van der Waals surface area contributed by atoms with Crippen molar-refractivity contribution < 1.29 is 19.5 Å². The van der Waals surface area contributed by atoms with E-state index in [2.05, 4.69) is 24.1 Å². The predicted molar refractivity (Wildman–Crippen MR) is 128 cm³/mol. The van der Waals surface area contributed by atoms with Crippen LogP contribution < -0.4 is 5.32 Å². The van der Waals surface area contributed by atoms with Gasteiger partial charge in [-0.05, 0) is 51.0 Å². The third-order valence-corrected chi connectivity index (χ3v) is 6.64. The summed E-state index contributed by atoms with van der Waals surface area (Å²) in [5.74, 6) is -1.27. The van der Waals surface area contributed by atoms with Gasteiger partial charge < -0.3 is 15.3 Å². The first-order valence-corrected chi connectivity index (χ1v) is 12.0. The van der Waals surface area contributed by atoms with E-state index in [1.54, 1.807) is 18.0 Å². The van der Waals surface area contributed by atoms with E-state index in [-0.39, 0.29) is 35.4 Å². The summed E-state index contributed by atoms with van der Waals surface area (Å²) in [5.41, 5.74) is -0.296. The number of nitrogens with one attached hydrogen (secondary N) is 1. The van der Waals surface area contributed by atoms with Gasteiger partial charge in [0.25, 0.3) is 0 Å². The number of likely N-dealkylation sites (tertiary alicyclic amines) is 1. The maximum absolute atomic E-state index is 13.6. The fourth-order valence-corrected chi connectivity index (χ4v) is 4.31. The van der Waals surface area contributed by atoms with Gasteiger partial charge in [0.05, 0.1) is 12.1 Å². The Labute approximate surface area is 194 Å². The van der Waals surface area contributed by atoms with Crippen LogP contribution in [0.15, 0.2) is 11.6 Å². The molecule has 1 aliphatic rings. The molecule has 0 bridgehead atoms. The molecule has 1 rings (SSSR count). The number of carboxylic acids is 1. The van der Waals surface area contributed by atoms with E-state index in [0.29, 0.717) is 6.04 Å². The summed E-state index contributed by atoms with van der Waals surface area (Å²) in [6, 6.07) is -1.00. The normalized spacial score (nSPS) is 21.1. The van der Waals surface area contributed by atoms with Crippen LogP contribution in [0.4, 0.5) is 0 Å². The lowest BCUT2D eigenvalue weighted by Gasteiger charge is -2.41. The van der Waals surface area contributed by atoms with Gasteiger partial charge in [-0.3, -0.25) is 14.5 Å². The number of hydrogen-bond donors (Lipinski definition) is 2. The second-order valence-electron chi connectivity index (χ2n) is 10.7. The number of carbonyl (C=O) groups is 3. The molecule has 1 heterocycles. The molecular formula is C25H45N3O4. The van der Waals surface area contributed by atoms with E-state index in [1.165, 1.54) is 6.92 Å². The van der Waals surface area contributed by atoms with E-state index in [1.807, 2.05) is 34.6 Å². The Kier molecular flexibility index (Phi) is 10.4. The molecule has 1 saturated heterocycles. The summed E-state index contributed by atoms with van der Waals surface area (Å²) < 4.78 is 0. The van der Waals surface area contributed by atoms with Crippen LogP contribution >= 0.6 is 0 Å². The number of carbonyl (C=O) groups excluding carboxylic acids is 2. The summed E-state index contributed by atoms with van der Waals surface area (Å²) in [5, 5.41) is 12.4. The average Bonchev–Trinajstić information content (AvgIpc) is 2.72. The number of aliphatic carboxylic acids is 1. The molecule has 0 aromatic rings. The van der Waals surface area contributed by atoms with E-state index in [9.17, 15) is 19.5 Å². The minimum atomic E-state index is -1.00. The van der Waals surface area contributed by atoms with Gasteiger partial charge in [-0.1, -0.05) is 54.0 Å². The Morgan fingerprint density at radius 3 is 2.25 bits per heavy atom. The summed E-state index contributed by atoms with van der Waals surface area (Å²) in [6.07, 6.45) is 5.49. The number of piperidine rings is 1. The highest BCUT2D eigenvalue weighted by Crippen LogP contribution is 2.26. The number of amides is 2. The standard InChI is InChI=1S/C25H45N3O4/c1-10-18(5)28-14-12-11-13-19(28)22(29)26-21(25(6,7)8)23(30)27(9)20(16(2)3)15-17(4)24(31)32/h15-16,18-21H,10-14H2,1-9H3,(H,26,29)(H,31,32)/b17-15+/t18?,19?,20-,21?/m1/s1. The van der Waals surface area contributed by atoms with Gasteiger partial charge in [0, 0.05) is 18.7 Å². The van der Waals surface area contributed by atoms with Gasteiger partial charge in [-0.15, -0.1) is 0 Å². The first kappa shape index (κ1) is 28.1. The van der Waals surface area contributed by atoms with Crippen LogP contribution in [0, 0.1) is 11.3 Å². The van der Waals surface area contributed by atoms with Crippen LogP contribution in [0.3, 0.4) is 0 Å². The van der Waals surface area contributed by atoms with Crippen LogP contribution in [0.5, 0.6) is 0 Å². The zero-order valence-corrected chi connectivity index (χ0v) is 21.6. The lowest BCUT2D eigenvalue weighted by molar-refractivity contribution is -0.142. The van der Waals surface area contributed by atoms with Crippen LogP contribution in [0.1, 0.15) is 81.1 Å². The molecule has 184 valence electrons. The molecule has 2 amide bonds. The number of carboxylic acid groups (broad SMARTS) is 1. The highest BCUT2D eigenvalue weighted by molar-refractivity contribution is 5.91. The number of hydrogen-bond acceptors (Lipinski definition) is 4. The number of rotatable bonds is 9. The van der Waals surface area contributed by atoms with E-state index < -0.39 is 17.4 Å². The van der Waals surface area contributed by atoms with Crippen molar-refractivity contribution in [3.8, 4) is 0 Å². The molecule has 0 aromatic carbocycles. The molecule has 7 nitrogen and oxygen atoms in total.